The molecule has 0 saturated carbocycles. The Morgan fingerprint density at radius 3 is 2.35 bits per heavy atom. The van der Waals surface area contributed by atoms with Crippen molar-refractivity contribution < 1.29 is 22.4 Å². The van der Waals surface area contributed by atoms with Crippen molar-refractivity contribution >= 4 is 7.60 Å². The van der Waals surface area contributed by atoms with Crippen LogP contribution in [0.1, 0.15) is 19.4 Å². The van der Waals surface area contributed by atoms with Gasteiger partial charge < -0.3 is 9.05 Å². The van der Waals surface area contributed by atoms with Gasteiger partial charge in [-0.05, 0) is 26.0 Å². The zero-order valence-corrected chi connectivity index (χ0v) is 10.5. The van der Waals surface area contributed by atoms with E-state index in [-0.39, 0.29) is 13.2 Å². The summed E-state index contributed by atoms with van der Waals surface area (Å²) in [6.07, 6.45) is 2.30. The van der Waals surface area contributed by atoms with Crippen LogP contribution < -0.4 is 0 Å². The summed E-state index contributed by atoms with van der Waals surface area (Å²) in [4.78, 5) is 3.57. The lowest BCUT2D eigenvalue weighted by molar-refractivity contribution is 0.0358. The average Bonchev–Trinajstić information content (AvgIpc) is 2.30. The number of pyridine rings is 1. The van der Waals surface area contributed by atoms with E-state index < -0.39 is 18.8 Å². The van der Waals surface area contributed by atoms with Gasteiger partial charge in [-0.1, -0.05) is 0 Å². The van der Waals surface area contributed by atoms with Crippen LogP contribution in [0.5, 0.6) is 0 Å². The molecule has 17 heavy (non-hydrogen) atoms. The van der Waals surface area contributed by atoms with Crippen molar-refractivity contribution in [1.82, 2.24) is 4.98 Å². The van der Waals surface area contributed by atoms with Crippen LogP contribution in [-0.2, 0) is 19.3 Å². The molecule has 0 N–H and O–H groups in total. The van der Waals surface area contributed by atoms with E-state index in [1.807, 2.05) is 0 Å². The van der Waals surface area contributed by atoms with Crippen LogP contribution in [0, 0.1) is 0 Å². The second kappa shape index (κ2) is 5.67. The summed E-state index contributed by atoms with van der Waals surface area (Å²) in [6, 6.07) is 2.48. The summed E-state index contributed by atoms with van der Waals surface area (Å²) in [7, 11) is -4.52. The molecule has 7 heteroatoms. The summed E-state index contributed by atoms with van der Waals surface area (Å²) in [6.45, 7) is 2.72. The van der Waals surface area contributed by atoms with Crippen LogP contribution in [0.15, 0.2) is 24.5 Å². The summed E-state index contributed by atoms with van der Waals surface area (Å²) in [5, 5.41) is 0. The Hall–Kier alpha value is -0.840. The van der Waals surface area contributed by atoms with Crippen molar-refractivity contribution in [2.24, 2.45) is 0 Å². The lowest BCUT2D eigenvalue weighted by atomic mass is 10.3. The third-order valence-electron chi connectivity index (χ3n) is 1.95. The number of aromatic nitrogens is 1. The molecule has 0 aromatic carbocycles. The van der Waals surface area contributed by atoms with Crippen LogP contribution in [0.3, 0.4) is 0 Å². The first-order valence-corrected chi connectivity index (χ1v) is 6.69. The van der Waals surface area contributed by atoms with Crippen molar-refractivity contribution in [1.29, 1.82) is 0 Å². The third kappa shape index (κ3) is 2.89. The number of alkyl halides is 2. The van der Waals surface area contributed by atoms with Crippen molar-refractivity contribution in [2.45, 2.75) is 19.5 Å². The maximum Gasteiger partial charge on any atom is 0.404 e. The lowest BCUT2D eigenvalue weighted by Crippen LogP contribution is -2.18. The Balaban J connectivity index is 3.13. The molecule has 4 nitrogen and oxygen atoms in total. The monoisotopic (exact) mass is 265 g/mol. The first kappa shape index (κ1) is 14.2. The minimum Gasteiger partial charge on any atom is -0.304 e. The fraction of sp³-hybridized carbons (Fsp3) is 0.500. The molecule has 0 atom stereocenters. The van der Waals surface area contributed by atoms with Gasteiger partial charge in [0.05, 0.1) is 18.8 Å². The number of rotatable bonds is 6. The summed E-state index contributed by atoms with van der Waals surface area (Å²) in [5.41, 5.74) is -4.18. The Labute approximate surface area is 98.5 Å². The molecule has 0 aliphatic carbocycles. The van der Waals surface area contributed by atoms with Gasteiger partial charge in [-0.15, -0.1) is 0 Å². The van der Waals surface area contributed by atoms with Crippen molar-refractivity contribution in [2.75, 3.05) is 13.2 Å². The number of nitrogens with zero attached hydrogens (tertiary/aromatic N) is 1. The molecular formula is C10H14F2NO3P. The highest BCUT2D eigenvalue weighted by Crippen LogP contribution is 2.66. The average molecular weight is 265 g/mol. The van der Waals surface area contributed by atoms with Gasteiger partial charge in [-0.25, -0.2) is 0 Å². The number of hydrogen-bond acceptors (Lipinski definition) is 4. The normalized spacial score (nSPS) is 12.7. The Bertz CT molecular complexity index is 390. The summed E-state index contributed by atoms with van der Waals surface area (Å²) in [5.74, 6) is 0. The van der Waals surface area contributed by atoms with E-state index in [4.69, 9.17) is 0 Å². The molecule has 0 bridgehead atoms. The summed E-state index contributed by atoms with van der Waals surface area (Å²) < 4.78 is 49.4. The Kier molecular flexibility index (Phi) is 4.74. The fourth-order valence-electron chi connectivity index (χ4n) is 1.24. The minimum absolute atomic E-state index is 0.118. The third-order valence-corrected chi connectivity index (χ3v) is 4.09. The standard InChI is InChI=1S/C10H14F2NO3P/c1-3-15-17(14,16-4-2)10(11,12)9-6-5-7-13-8-9/h5-8H,3-4H2,1-2H3. The van der Waals surface area contributed by atoms with Crippen LogP contribution in [0.4, 0.5) is 8.78 Å². The van der Waals surface area contributed by atoms with Crippen molar-refractivity contribution in [3.05, 3.63) is 30.1 Å². The molecular weight excluding hydrogens is 251 g/mol. The highest BCUT2D eigenvalue weighted by Gasteiger charge is 2.54. The van der Waals surface area contributed by atoms with Crippen LogP contribution in [-0.4, -0.2) is 18.2 Å². The molecule has 0 radical (unpaired) electrons. The molecule has 0 spiro atoms. The molecule has 0 amide bonds. The van der Waals surface area contributed by atoms with Crippen molar-refractivity contribution in [3.63, 3.8) is 0 Å². The fourth-order valence-corrected chi connectivity index (χ4v) is 2.77. The van der Waals surface area contributed by atoms with Gasteiger partial charge >= 0.3 is 13.3 Å². The Morgan fingerprint density at radius 1 is 1.35 bits per heavy atom. The van der Waals surface area contributed by atoms with E-state index in [0.29, 0.717) is 0 Å². The van der Waals surface area contributed by atoms with E-state index in [1.165, 1.54) is 26.1 Å². The first-order chi connectivity index (χ1) is 7.98. The van der Waals surface area contributed by atoms with E-state index in [2.05, 4.69) is 14.0 Å². The number of halogens is 2. The molecule has 96 valence electrons. The quantitative estimate of drug-likeness (QED) is 0.739. The van der Waals surface area contributed by atoms with E-state index in [0.717, 1.165) is 12.3 Å². The molecule has 1 heterocycles. The highest BCUT2D eigenvalue weighted by atomic mass is 31.2. The van der Waals surface area contributed by atoms with Crippen LogP contribution in [0.2, 0.25) is 0 Å². The van der Waals surface area contributed by atoms with Crippen LogP contribution in [0.25, 0.3) is 0 Å². The predicted molar refractivity (Wildman–Crippen MR) is 59.0 cm³/mol. The lowest BCUT2D eigenvalue weighted by Gasteiger charge is -2.25. The van der Waals surface area contributed by atoms with E-state index in [9.17, 15) is 13.3 Å². The van der Waals surface area contributed by atoms with Gasteiger partial charge in [0.2, 0.25) is 0 Å². The van der Waals surface area contributed by atoms with Gasteiger partial charge in [0.25, 0.3) is 0 Å². The minimum atomic E-state index is -4.52. The molecule has 0 unspecified atom stereocenters. The molecule has 0 aliphatic heterocycles. The smallest absolute Gasteiger partial charge is 0.304 e. The zero-order valence-electron chi connectivity index (χ0n) is 9.60. The largest absolute Gasteiger partial charge is 0.404 e. The number of hydrogen-bond donors (Lipinski definition) is 0. The summed E-state index contributed by atoms with van der Waals surface area (Å²) >= 11 is 0. The van der Waals surface area contributed by atoms with Crippen LogP contribution >= 0.6 is 7.60 Å². The van der Waals surface area contributed by atoms with Gasteiger partial charge in [-0.3, -0.25) is 9.55 Å². The SMILES string of the molecule is CCOP(=O)(OCC)C(F)(F)c1cccnc1. The van der Waals surface area contributed by atoms with Gasteiger partial charge in [0.15, 0.2) is 0 Å². The molecule has 0 fully saturated rings. The van der Waals surface area contributed by atoms with Crippen molar-refractivity contribution in [3.8, 4) is 0 Å². The van der Waals surface area contributed by atoms with Gasteiger partial charge in [-0.2, -0.15) is 8.78 Å². The second-order valence-electron chi connectivity index (χ2n) is 3.12. The van der Waals surface area contributed by atoms with E-state index in [1.54, 1.807) is 0 Å². The molecule has 0 aliphatic rings. The second-order valence-corrected chi connectivity index (χ2v) is 5.19. The predicted octanol–water partition coefficient (Wildman–Crippen LogP) is 3.40. The topological polar surface area (TPSA) is 48.4 Å². The molecule has 0 saturated heterocycles. The molecule has 1 aromatic heterocycles. The molecule has 1 aromatic rings. The maximum atomic E-state index is 14.0. The Morgan fingerprint density at radius 2 is 1.94 bits per heavy atom. The molecule has 1 rings (SSSR count). The maximum absolute atomic E-state index is 14.0. The zero-order chi connectivity index (χ0) is 12.9. The van der Waals surface area contributed by atoms with E-state index >= 15 is 0 Å². The first-order valence-electron chi connectivity index (χ1n) is 5.15. The highest BCUT2D eigenvalue weighted by molar-refractivity contribution is 7.54. The van der Waals surface area contributed by atoms with Gasteiger partial charge in [0, 0.05) is 12.4 Å². The van der Waals surface area contributed by atoms with Gasteiger partial charge in [0.1, 0.15) is 0 Å².